The third-order valence-electron chi connectivity index (χ3n) is 3.63. The highest BCUT2D eigenvalue weighted by atomic mass is 35.5. The number of amides is 3. The molecule has 0 heterocycles. The van der Waals surface area contributed by atoms with Gasteiger partial charge >= 0.3 is 11.8 Å². The lowest BCUT2D eigenvalue weighted by molar-refractivity contribution is -0.136. The minimum atomic E-state index is -0.830. The van der Waals surface area contributed by atoms with Crippen LogP contribution in [0, 0.1) is 0 Å². The molecule has 0 spiro atoms. The van der Waals surface area contributed by atoms with E-state index < -0.39 is 17.9 Å². The van der Waals surface area contributed by atoms with E-state index in [0.717, 1.165) is 0 Å². The van der Waals surface area contributed by atoms with Gasteiger partial charge in [-0.15, -0.1) is 0 Å². The molecule has 0 aliphatic rings. The smallest absolute Gasteiger partial charge is 0.313 e. The van der Waals surface area contributed by atoms with Crippen molar-refractivity contribution in [3.8, 4) is 0 Å². The second-order valence-electron chi connectivity index (χ2n) is 5.67. The first-order valence-corrected chi connectivity index (χ1v) is 8.52. The molecule has 142 valence electrons. The number of benzene rings is 2. The minimum absolute atomic E-state index is 0.0818. The van der Waals surface area contributed by atoms with Crippen LogP contribution in [-0.4, -0.2) is 31.4 Å². The number of methoxy groups -OCH3 is 1. The maximum absolute atomic E-state index is 12.1. The van der Waals surface area contributed by atoms with Crippen LogP contribution in [0.15, 0.2) is 48.5 Å². The molecule has 2 rings (SSSR count). The average Bonchev–Trinajstić information content (AvgIpc) is 2.63. The number of ether oxygens (including phenoxy) is 1. The summed E-state index contributed by atoms with van der Waals surface area (Å²) in [7, 11) is 1.49. The number of rotatable bonds is 6. The van der Waals surface area contributed by atoms with E-state index in [4.69, 9.17) is 16.3 Å². The number of anilines is 2. The van der Waals surface area contributed by atoms with Gasteiger partial charge < -0.3 is 20.7 Å². The Hall–Kier alpha value is -2.90. The molecule has 8 heteroatoms. The van der Waals surface area contributed by atoms with Crippen LogP contribution >= 0.6 is 11.6 Å². The van der Waals surface area contributed by atoms with Crippen LogP contribution in [0.4, 0.5) is 11.4 Å². The van der Waals surface area contributed by atoms with Crippen molar-refractivity contribution >= 4 is 40.7 Å². The summed E-state index contributed by atoms with van der Waals surface area (Å²) in [6, 6.07) is 13.6. The molecule has 0 saturated heterocycles. The predicted molar refractivity (Wildman–Crippen MR) is 104 cm³/mol. The molecule has 0 saturated carbocycles. The van der Waals surface area contributed by atoms with Crippen LogP contribution in [0.3, 0.4) is 0 Å². The van der Waals surface area contributed by atoms with Crippen molar-refractivity contribution in [3.63, 3.8) is 0 Å². The number of nitrogens with one attached hydrogen (secondary N) is 3. The molecule has 0 aliphatic carbocycles. The molecule has 1 atom stereocenters. The Bertz CT molecular complexity index is 841. The van der Waals surface area contributed by atoms with E-state index in [1.807, 2.05) is 6.07 Å². The van der Waals surface area contributed by atoms with Crippen LogP contribution in [0.1, 0.15) is 18.6 Å². The number of hydrogen-bond acceptors (Lipinski definition) is 4. The fourth-order valence-electron chi connectivity index (χ4n) is 2.39. The molecule has 0 radical (unpaired) electrons. The molecule has 0 aromatic heterocycles. The summed E-state index contributed by atoms with van der Waals surface area (Å²) in [5, 5.41) is 8.11. The van der Waals surface area contributed by atoms with Crippen molar-refractivity contribution in [2.24, 2.45) is 0 Å². The van der Waals surface area contributed by atoms with E-state index in [9.17, 15) is 14.4 Å². The van der Waals surface area contributed by atoms with Gasteiger partial charge in [0.15, 0.2) is 0 Å². The molecule has 0 bridgehead atoms. The van der Waals surface area contributed by atoms with E-state index in [1.165, 1.54) is 14.0 Å². The summed E-state index contributed by atoms with van der Waals surface area (Å²) < 4.78 is 5.35. The molecule has 2 aromatic carbocycles. The number of carbonyl (C=O) groups excluding carboxylic acids is 3. The first kappa shape index (κ1) is 20.4. The van der Waals surface area contributed by atoms with Crippen molar-refractivity contribution in [2.75, 3.05) is 24.3 Å². The Balaban J connectivity index is 1.94. The molecule has 7 nitrogen and oxygen atoms in total. The summed E-state index contributed by atoms with van der Waals surface area (Å²) in [6.07, 6.45) is -0.487. The third-order valence-corrected chi connectivity index (χ3v) is 3.98. The van der Waals surface area contributed by atoms with Gasteiger partial charge in [0.2, 0.25) is 5.91 Å². The Labute approximate surface area is 162 Å². The molecular formula is C19H20ClN3O4. The zero-order valence-electron chi connectivity index (χ0n) is 14.9. The number of carbonyl (C=O) groups is 3. The molecule has 0 aliphatic heterocycles. The highest BCUT2D eigenvalue weighted by Gasteiger charge is 2.18. The Morgan fingerprint density at radius 2 is 1.67 bits per heavy atom. The molecule has 1 unspecified atom stereocenters. The minimum Gasteiger partial charge on any atom is -0.375 e. The lowest BCUT2D eigenvalue weighted by Crippen LogP contribution is -2.38. The quantitative estimate of drug-likeness (QED) is 0.662. The molecule has 3 amide bonds. The first-order valence-electron chi connectivity index (χ1n) is 8.14. The van der Waals surface area contributed by atoms with Crippen molar-refractivity contribution in [2.45, 2.75) is 13.0 Å². The lowest BCUT2D eigenvalue weighted by atomic mass is 10.1. The van der Waals surface area contributed by atoms with Gasteiger partial charge in [-0.3, -0.25) is 14.4 Å². The highest BCUT2D eigenvalue weighted by Crippen LogP contribution is 2.24. The van der Waals surface area contributed by atoms with E-state index in [-0.39, 0.29) is 12.5 Å². The largest absolute Gasteiger partial charge is 0.375 e. The van der Waals surface area contributed by atoms with Crippen molar-refractivity contribution in [1.82, 2.24) is 5.32 Å². The summed E-state index contributed by atoms with van der Waals surface area (Å²) >= 11 is 6.13. The van der Waals surface area contributed by atoms with Gasteiger partial charge in [-0.2, -0.15) is 0 Å². The third kappa shape index (κ3) is 6.09. The van der Waals surface area contributed by atoms with Crippen molar-refractivity contribution < 1.29 is 19.1 Å². The topological polar surface area (TPSA) is 96.5 Å². The summed E-state index contributed by atoms with van der Waals surface area (Å²) in [5.41, 5.74) is 1.61. The van der Waals surface area contributed by atoms with E-state index in [1.54, 1.807) is 42.5 Å². The highest BCUT2D eigenvalue weighted by molar-refractivity contribution is 6.39. The lowest BCUT2D eigenvalue weighted by Gasteiger charge is -2.17. The summed E-state index contributed by atoms with van der Waals surface area (Å²) in [5.74, 6) is -1.88. The zero-order chi connectivity index (χ0) is 19.8. The Kier molecular flexibility index (Phi) is 7.34. The van der Waals surface area contributed by atoms with Gasteiger partial charge in [0.05, 0.1) is 0 Å². The summed E-state index contributed by atoms with van der Waals surface area (Å²) in [6.45, 7) is 1.46. The van der Waals surface area contributed by atoms with Gasteiger partial charge in [-0.1, -0.05) is 35.9 Å². The monoisotopic (exact) mass is 389 g/mol. The number of hydrogen-bond donors (Lipinski definition) is 3. The maximum atomic E-state index is 12.1. The van der Waals surface area contributed by atoms with E-state index >= 15 is 0 Å². The predicted octanol–water partition coefficient (Wildman–Crippen LogP) is 2.74. The van der Waals surface area contributed by atoms with Crippen LogP contribution < -0.4 is 16.0 Å². The van der Waals surface area contributed by atoms with Crippen LogP contribution in [0.25, 0.3) is 0 Å². The Morgan fingerprint density at radius 3 is 2.30 bits per heavy atom. The zero-order valence-corrected chi connectivity index (χ0v) is 15.7. The molecular weight excluding hydrogens is 370 g/mol. The average molecular weight is 390 g/mol. The first-order chi connectivity index (χ1) is 12.9. The molecule has 2 aromatic rings. The molecule has 0 fully saturated rings. The van der Waals surface area contributed by atoms with E-state index in [2.05, 4.69) is 16.0 Å². The van der Waals surface area contributed by atoms with Gasteiger partial charge in [0, 0.05) is 42.5 Å². The normalized spacial score (nSPS) is 11.4. The second kappa shape index (κ2) is 9.70. The van der Waals surface area contributed by atoms with E-state index in [0.29, 0.717) is 22.0 Å². The SMILES string of the molecule is COC(CNC(=O)C(=O)Nc1cccc(NC(C)=O)c1)c1ccccc1Cl. The molecule has 27 heavy (non-hydrogen) atoms. The number of halogens is 1. The maximum Gasteiger partial charge on any atom is 0.313 e. The van der Waals surface area contributed by atoms with Crippen LogP contribution in [-0.2, 0) is 19.1 Å². The van der Waals surface area contributed by atoms with Gasteiger partial charge in [0.1, 0.15) is 6.10 Å². The second-order valence-corrected chi connectivity index (χ2v) is 6.08. The van der Waals surface area contributed by atoms with Crippen molar-refractivity contribution in [3.05, 3.63) is 59.1 Å². The Morgan fingerprint density at radius 1 is 1.00 bits per heavy atom. The molecule has 3 N–H and O–H groups in total. The standard InChI is InChI=1S/C19H20ClN3O4/c1-12(24)22-13-6-5-7-14(10-13)23-19(26)18(25)21-11-17(27-2)15-8-3-4-9-16(15)20/h3-10,17H,11H2,1-2H3,(H,21,25)(H,22,24)(H,23,26). The van der Waals surface area contributed by atoms with Crippen LogP contribution in [0.2, 0.25) is 5.02 Å². The van der Waals surface area contributed by atoms with Gasteiger partial charge in [-0.25, -0.2) is 0 Å². The summed E-state index contributed by atoms with van der Waals surface area (Å²) in [4.78, 5) is 35.2. The van der Waals surface area contributed by atoms with Gasteiger partial charge in [-0.05, 0) is 24.3 Å². The fourth-order valence-corrected chi connectivity index (χ4v) is 2.65. The van der Waals surface area contributed by atoms with Gasteiger partial charge in [0.25, 0.3) is 0 Å². The van der Waals surface area contributed by atoms with Crippen LogP contribution in [0.5, 0.6) is 0 Å². The fraction of sp³-hybridized carbons (Fsp3) is 0.211. The van der Waals surface area contributed by atoms with Crippen molar-refractivity contribution in [1.29, 1.82) is 0 Å².